The van der Waals surface area contributed by atoms with Crippen LogP contribution in [0, 0.1) is 41.5 Å². The van der Waals surface area contributed by atoms with Crippen molar-refractivity contribution in [3.05, 3.63) is 176 Å². The number of hydrogen-bond acceptors (Lipinski definition) is 0. The Balaban J connectivity index is 1.33. The molecular weight excluding hydrogens is 565 g/mol. The molecule has 230 valence electrons. The molecule has 0 fully saturated rings. The van der Waals surface area contributed by atoms with Crippen LogP contribution in [-0.4, -0.2) is 0 Å². The van der Waals surface area contributed by atoms with Gasteiger partial charge in [0.2, 0.25) is 0 Å². The van der Waals surface area contributed by atoms with Crippen LogP contribution in [0.25, 0.3) is 33.4 Å². The van der Waals surface area contributed by atoms with Crippen molar-refractivity contribution in [1.82, 2.24) is 0 Å². The molecule has 0 radical (unpaired) electrons. The fourth-order valence-corrected chi connectivity index (χ4v) is 9.58. The third kappa shape index (κ3) is 4.20. The lowest BCUT2D eigenvalue weighted by Crippen LogP contribution is -2.30. The van der Waals surface area contributed by atoms with E-state index in [1.54, 1.807) is 0 Å². The van der Waals surface area contributed by atoms with Crippen LogP contribution in [0.1, 0.15) is 91.4 Å². The normalized spacial score (nSPS) is 15.2. The molecule has 0 heterocycles. The maximum Gasteiger partial charge on any atom is 0.0233 e. The van der Waals surface area contributed by atoms with Gasteiger partial charge in [0.05, 0.1) is 0 Å². The van der Waals surface area contributed by atoms with E-state index in [0.29, 0.717) is 11.8 Å². The molecule has 47 heavy (non-hydrogen) atoms. The number of hydrogen-bond donors (Lipinski definition) is 0. The fourth-order valence-electron chi connectivity index (χ4n) is 9.58. The highest BCUT2D eigenvalue weighted by Gasteiger charge is 2.49. The number of benzene rings is 6. The minimum Gasteiger partial charge on any atom is -0.0587 e. The summed E-state index contributed by atoms with van der Waals surface area (Å²) in [7, 11) is 0. The average Bonchev–Trinajstić information content (AvgIpc) is 3.60. The van der Waals surface area contributed by atoms with Gasteiger partial charge in [-0.1, -0.05) is 143 Å². The van der Waals surface area contributed by atoms with Gasteiger partial charge in [0, 0.05) is 17.3 Å². The molecule has 3 aliphatic rings. The molecular formula is C47H42. The van der Waals surface area contributed by atoms with E-state index in [1.165, 1.54) is 100 Å². The Morgan fingerprint density at radius 3 is 0.894 bits per heavy atom. The second kappa shape index (κ2) is 10.2. The first-order chi connectivity index (χ1) is 22.7. The molecule has 0 atom stereocenters. The van der Waals surface area contributed by atoms with Gasteiger partial charge in [-0.3, -0.25) is 0 Å². The van der Waals surface area contributed by atoms with Crippen LogP contribution in [0.4, 0.5) is 0 Å². The van der Waals surface area contributed by atoms with Crippen molar-refractivity contribution in [2.75, 3.05) is 0 Å². The van der Waals surface area contributed by atoms with Crippen LogP contribution in [0.3, 0.4) is 0 Å². The minimum atomic E-state index is -0.170. The Morgan fingerprint density at radius 2 is 0.596 bits per heavy atom. The van der Waals surface area contributed by atoms with Gasteiger partial charge in [-0.2, -0.15) is 0 Å². The zero-order valence-corrected chi connectivity index (χ0v) is 28.5. The van der Waals surface area contributed by atoms with Gasteiger partial charge >= 0.3 is 0 Å². The van der Waals surface area contributed by atoms with Gasteiger partial charge in [-0.05, 0) is 121 Å². The largest absolute Gasteiger partial charge is 0.0587 e. The summed E-state index contributed by atoms with van der Waals surface area (Å²) >= 11 is 0. The highest BCUT2D eigenvalue weighted by atomic mass is 14.5. The first-order valence-corrected chi connectivity index (χ1v) is 17.4. The molecule has 9 rings (SSSR count). The van der Waals surface area contributed by atoms with E-state index >= 15 is 0 Å². The molecule has 6 aromatic carbocycles. The predicted molar refractivity (Wildman–Crippen MR) is 198 cm³/mol. The Bertz CT molecular complexity index is 2010. The van der Waals surface area contributed by atoms with Crippen molar-refractivity contribution >= 4 is 0 Å². The molecule has 0 aliphatic heterocycles. The van der Waals surface area contributed by atoms with Gasteiger partial charge in [0.25, 0.3) is 0 Å². The second-order valence-electron chi connectivity index (χ2n) is 15.1. The standard InChI is InChI=1S/C47H42/c1-27-7-13-33-34-14-8-28(2)20-40(34)43(39(33)19-27)25-47(45-23-31(5)11-17-37(45)38-18-12-32(6)24-46(38)47)26-44-41-21-29(3)9-15-35(41)36-16-10-30(4)22-42(36)44/h7-24,43-44H,25-26H2,1-6H3. The van der Waals surface area contributed by atoms with E-state index in [0.717, 1.165) is 12.8 Å². The zero-order valence-electron chi connectivity index (χ0n) is 28.5. The summed E-state index contributed by atoms with van der Waals surface area (Å²) in [6, 6.07) is 43.2. The van der Waals surface area contributed by atoms with E-state index in [-0.39, 0.29) is 5.41 Å². The summed E-state index contributed by atoms with van der Waals surface area (Å²) in [6.07, 6.45) is 2.09. The second-order valence-corrected chi connectivity index (χ2v) is 15.1. The van der Waals surface area contributed by atoms with Crippen LogP contribution in [-0.2, 0) is 5.41 Å². The monoisotopic (exact) mass is 606 g/mol. The van der Waals surface area contributed by atoms with E-state index in [1.807, 2.05) is 0 Å². The third-order valence-electron chi connectivity index (χ3n) is 11.7. The summed E-state index contributed by atoms with van der Waals surface area (Å²) < 4.78 is 0. The lowest BCUT2D eigenvalue weighted by molar-refractivity contribution is 0.407. The molecule has 0 unspecified atom stereocenters. The maximum atomic E-state index is 2.54. The number of fused-ring (bicyclic) bond motifs is 9. The molecule has 0 N–H and O–H groups in total. The highest BCUT2D eigenvalue weighted by Crippen LogP contribution is 2.62. The van der Waals surface area contributed by atoms with Crippen molar-refractivity contribution in [1.29, 1.82) is 0 Å². The number of aryl methyl sites for hydroxylation is 6. The molecule has 6 aromatic rings. The van der Waals surface area contributed by atoms with Crippen LogP contribution >= 0.6 is 0 Å². The number of rotatable bonds is 4. The Labute approximate surface area is 280 Å². The summed E-state index contributed by atoms with van der Waals surface area (Å²) in [6.45, 7) is 13.6. The molecule has 0 heteroatoms. The molecule has 3 aliphatic carbocycles. The van der Waals surface area contributed by atoms with Gasteiger partial charge in [-0.15, -0.1) is 0 Å². The first-order valence-electron chi connectivity index (χ1n) is 17.4. The molecule has 0 aromatic heterocycles. The van der Waals surface area contributed by atoms with Crippen LogP contribution < -0.4 is 0 Å². The molecule has 0 saturated heterocycles. The minimum absolute atomic E-state index is 0.170. The molecule has 0 saturated carbocycles. The Kier molecular flexibility index (Phi) is 6.17. The molecule has 0 amide bonds. The van der Waals surface area contributed by atoms with Crippen LogP contribution in [0.2, 0.25) is 0 Å². The quantitative estimate of drug-likeness (QED) is 0.187. The van der Waals surface area contributed by atoms with Crippen LogP contribution in [0.5, 0.6) is 0 Å². The summed E-state index contributed by atoms with van der Waals surface area (Å²) in [5.41, 5.74) is 25.4. The predicted octanol–water partition coefficient (Wildman–Crippen LogP) is 12.2. The van der Waals surface area contributed by atoms with Gasteiger partial charge in [0.1, 0.15) is 0 Å². The van der Waals surface area contributed by atoms with E-state index in [4.69, 9.17) is 0 Å². The lowest BCUT2D eigenvalue weighted by atomic mass is 9.64. The summed E-state index contributed by atoms with van der Waals surface area (Å²) in [5.74, 6) is 0.630. The summed E-state index contributed by atoms with van der Waals surface area (Å²) in [4.78, 5) is 0. The zero-order chi connectivity index (χ0) is 32.2. The molecule has 0 spiro atoms. The maximum absolute atomic E-state index is 2.54. The van der Waals surface area contributed by atoms with Crippen molar-refractivity contribution in [2.45, 2.75) is 71.6 Å². The van der Waals surface area contributed by atoms with Crippen molar-refractivity contribution < 1.29 is 0 Å². The third-order valence-corrected chi connectivity index (χ3v) is 11.7. The van der Waals surface area contributed by atoms with E-state index < -0.39 is 0 Å². The van der Waals surface area contributed by atoms with Crippen molar-refractivity contribution in [3.63, 3.8) is 0 Å². The first kappa shape index (κ1) is 28.5. The SMILES string of the molecule is Cc1ccc2c(c1)C(CC1(CC3c4cc(C)ccc4-c4ccc(C)cc43)c3cc(C)ccc3-c3ccc(C)cc31)c1cc(C)ccc1-2. The Hall–Kier alpha value is -4.68. The highest BCUT2D eigenvalue weighted by molar-refractivity contribution is 5.85. The van der Waals surface area contributed by atoms with Crippen molar-refractivity contribution in [2.24, 2.45) is 0 Å². The van der Waals surface area contributed by atoms with E-state index in [2.05, 4.69) is 151 Å². The average molecular weight is 607 g/mol. The smallest absolute Gasteiger partial charge is 0.0233 e. The Morgan fingerprint density at radius 1 is 0.340 bits per heavy atom. The fraction of sp³-hybridized carbons (Fsp3) is 0.234. The van der Waals surface area contributed by atoms with Crippen LogP contribution in [0.15, 0.2) is 109 Å². The van der Waals surface area contributed by atoms with Gasteiger partial charge in [0.15, 0.2) is 0 Å². The van der Waals surface area contributed by atoms with Crippen molar-refractivity contribution in [3.8, 4) is 33.4 Å². The lowest BCUT2D eigenvalue weighted by Gasteiger charge is -2.38. The molecule has 0 bridgehead atoms. The summed E-state index contributed by atoms with van der Waals surface area (Å²) in [5, 5.41) is 0. The topological polar surface area (TPSA) is 0 Å². The van der Waals surface area contributed by atoms with Gasteiger partial charge in [-0.25, -0.2) is 0 Å². The van der Waals surface area contributed by atoms with E-state index in [9.17, 15) is 0 Å². The molecule has 0 nitrogen and oxygen atoms in total. The van der Waals surface area contributed by atoms with Gasteiger partial charge < -0.3 is 0 Å².